The molecule has 1 N–H and O–H groups in total. The molecular weight excluding hydrogens is 424 g/mol. The molecule has 1 saturated heterocycles. The molecule has 33 heavy (non-hydrogen) atoms. The number of rotatable bonds is 7. The normalized spacial score (nSPS) is 33.9. The first kappa shape index (κ1) is 22.0. The van der Waals surface area contributed by atoms with Gasteiger partial charge in [-0.25, -0.2) is 0 Å². The highest BCUT2D eigenvalue weighted by Gasteiger charge is 2.76. The molecule has 2 bridgehead atoms. The van der Waals surface area contributed by atoms with Crippen LogP contribution in [0.1, 0.15) is 32.3 Å². The van der Waals surface area contributed by atoms with Crippen molar-refractivity contribution in [2.24, 2.45) is 17.3 Å². The summed E-state index contributed by atoms with van der Waals surface area (Å²) in [5.41, 5.74) is -2.17. The summed E-state index contributed by atoms with van der Waals surface area (Å²) in [5, 5.41) is 11.2. The summed E-state index contributed by atoms with van der Waals surface area (Å²) in [6, 6.07) is 3.69. The maximum absolute atomic E-state index is 13.7. The van der Waals surface area contributed by atoms with Gasteiger partial charge in [0.25, 0.3) is 0 Å². The number of fused-ring (bicyclic) bond motifs is 2. The average Bonchev–Trinajstić information content (AvgIpc) is 3.41. The topological polar surface area (TPSA) is 83.5 Å². The lowest BCUT2D eigenvalue weighted by molar-refractivity contribution is -0.160. The predicted molar refractivity (Wildman–Crippen MR) is 120 cm³/mol. The first-order valence-electron chi connectivity index (χ1n) is 11.2. The van der Waals surface area contributed by atoms with Crippen molar-refractivity contribution in [2.75, 3.05) is 13.9 Å². The van der Waals surface area contributed by atoms with Crippen LogP contribution in [0, 0.1) is 17.3 Å². The van der Waals surface area contributed by atoms with E-state index in [1.807, 2.05) is 6.07 Å². The van der Waals surface area contributed by atoms with E-state index in [0.29, 0.717) is 42.3 Å². The molecular formula is C26H30O7. The molecule has 0 unspecified atom stereocenters. The monoisotopic (exact) mass is 454 g/mol. The third-order valence-corrected chi connectivity index (χ3v) is 7.66. The summed E-state index contributed by atoms with van der Waals surface area (Å²) in [6.45, 7) is 11.2. The van der Waals surface area contributed by atoms with Crippen LogP contribution in [0.5, 0.6) is 17.2 Å². The molecule has 0 radical (unpaired) electrons. The van der Waals surface area contributed by atoms with Crippen LogP contribution >= 0.6 is 0 Å². The molecule has 2 heterocycles. The van der Waals surface area contributed by atoms with Crippen molar-refractivity contribution in [1.82, 2.24) is 0 Å². The summed E-state index contributed by atoms with van der Waals surface area (Å²) in [5.74, 6) is 1.18. The quantitative estimate of drug-likeness (QED) is 0.629. The highest BCUT2D eigenvalue weighted by Crippen LogP contribution is 2.68. The summed E-state index contributed by atoms with van der Waals surface area (Å²) in [4.78, 5) is 13.7. The minimum absolute atomic E-state index is 0.0370. The molecule has 1 spiro atoms. The zero-order valence-electron chi connectivity index (χ0n) is 19.3. The number of methoxy groups -OCH3 is 1. The summed E-state index contributed by atoms with van der Waals surface area (Å²) < 4.78 is 30.2. The Morgan fingerprint density at radius 3 is 2.61 bits per heavy atom. The van der Waals surface area contributed by atoms with Crippen LogP contribution in [0.25, 0.3) is 0 Å². The van der Waals surface area contributed by atoms with Gasteiger partial charge in [-0.15, -0.1) is 13.2 Å². The van der Waals surface area contributed by atoms with Gasteiger partial charge in [-0.3, -0.25) is 4.79 Å². The van der Waals surface area contributed by atoms with E-state index in [1.165, 1.54) is 6.08 Å². The lowest BCUT2D eigenvalue weighted by Gasteiger charge is -2.46. The molecule has 0 amide bonds. The molecule has 7 heteroatoms. The Morgan fingerprint density at radius 2 is 1.97 bits per heavy atom. The largest absolute Gasteiger partial charge is 0.496 e. The zero-order chi connectivity index (χ0) is 23.6. The van der Waals surface area contributed by atoms with Gasteiger partial charge in [0.1, 0.15) is 17.1 Å². The van der Waals surface area contributed by atoms with Crippen molar-refractivity contribution in [2.45, 2.75) is 50.6 Å². The second-order valence-corrected chi connectivity index (χ2v) is 9.80. The van der Waals surface area contributed by atoms with Gasteiger partial charge >= 0.3 is 0 Å². The highest BCUT2D eigenvalue weighted by molar-refractivity contribution is 5.98. The van der Waals surface area contributed by atoms with Crippen molar-refractivity contribution in [3.63, 3.8) is 0 Å². The fourth-order valence-corrected chi connectivity index (χ4v) is 6.42. The first-order chi connectivity index (χ1) is 15.7. The Labute approximate surface area is 193 Å². The third-order valence-electron chi connectivity index (χ3n) is 7.66. The van der Waals surface area contributed by atoms with Crippen molar-refractivity contribution in [1.29, 1.82) is 0 Å². The van der Waals surface area contributed by atoms with Crippen molar-refractivity contribution >= 4 is 5.78 Å². The number of ketones is 1. The number of carbonyl (C=O) groups excluding carboxylic acids is 1. The molecule has 1 aromatic carbocycles. The van der Waals surface area contributed by atoms with E-state index in [-0.39, 0.29) is 12.6 Å². The van der Waals surface area contributed by atoms with Gasteiger partial charge in [0.15, 0.2) is 24.1 Å². The van der Waals surface area contributed by atoms with Crippen LogP contribution in [0.2, 0.25) is 0 Å². The number of hydrogen-bond donors (Lipinski definition) is 1. The Kier molecular flexibility index (Phi) is 4.92. The Bertz CT molecular complexity index is 1050. The molecule has 1 aromatic rings. The molecule has 1 saturated carbocycles. The predicted octanol–water partition coefficient (Wildman–Crippen LogP) is 3.70. The van der Waals surface area contributed by atoms with E-state index in [0.717, 1.165) is 5.56 Å². The number of allylic oxidation sites excluding steroid dienone is 3. The van der Waals surface area contributed by atoms with Crippen LogP contribution in [-0.4, -0.2) is 42.3 Å². The van der Waals surface area contributed by atoms with Crippen molar-refractivity contribution in [3.8, 4) is 17.2 Å². The summed E-state index contributed by atoms with van der Waals surface area (Å²) in [6.07, 6.45) is 5.62. The second-order valence-electron chi connectivity index (χ2n) is 9.80. The van der Waals surface area contributed by atoms with E-state index in [9.17, 15) is 9.90 Å². The van der Waals surface area contributed by atoms with E-state index < -0.39 is 34.7 Å². The maximum Gasteiger partial charge on any atom is 0.248 e. The van der Waals surface area contributed by atoms with Crippen LogP contribution in [0.15, 0.2) is 49.3 Å². The van der Waals surface area contributed by atoms with Gasteiger partial charge in [-0.1, -0.05) is 12.2 Å². The molecule has 7 nitrogen and oxygen atoms in total. The lowest BCUT2D eigenvalue weighted by Crippen LogP contribution is -2.57. The average molecular weight is 455 g/mol. The van der Waals surface area contributed by atoms with Gasteiger partial charge in [0.2, 0.25) is 6.29 Å². The molecule has 2 aliphatic carbocycles. The lowest BCUT2D eigenvalue weighted by atomic mass is 9.59. The standard InChI is InChI=1S/C26H30O7/c1-6-8-15-10-17-18(11-16(15)29-5)33-23(32-17)22-25(9-7-2)19(24(3,4)28)13-26(22)21(12-20(25)27)30-14-31-26/h6-7,10-12,19,22-23,28H,1-2,8-9,13-14H2,3-5H3/t19-,22+,23+,25-,26-/m1/s1. The second kappa shape index (κ2) is 7.37. The summed E-state index contributed by atoms with van der Waals surface area (Å²) >= 11 is 0. The number of ether oxygens (including phenoxy) is 5. The molecule has 2 fully saturated rings. The third kappa shape index (κ3) is 2.91. The number of carbonyl (C=O) groups is 1. The van der Waals surface area contributed by atoms with Crippen LogP contribution < -0.4 is 14.2 Å². The Balaban J connectivity index is 1.63. The molecule has 4 aliphatic rings. The molecule has 0 aromatic heterocycles. The number of aliphatic hydroxyl groups is 1. The Morgan fingerprint density at radius 1 is 1.24 bits per heavy atom. The van der Waals surface area contributed by atoms with Crippen LogP contribution in [0.4, 0.5) is 0 Å². The van der Waals surface area contributed by atoms with Gasteiger partial charge in [0.05, 0.1) is 24.0 Å². The van der Waals surface area contributed by atoms with E-state index in [2.05, 4.69) is 13.2 Å². The highest BCUT2D eigenvalue weighted by atomic mass is 16.7. The number of hydrogen-bond acceptors (Lipinski definition) is 7. The van der Waals surface area contributed by atoms with Gasteiger partial charge < -0.3 is 28.8 Å². The first-order valence-corrected chi connectivity index (χ1v) is 11.2. The van der Waals surface area contributed by atoms with E-state index in [1.54, 1.807) is 39.2 Å². The fraction of sp³-hybridized carbons (Fsp3) is 0.500. The Hall–Kier alpha value is -2.77. The van der Waals surface area contributed by atoms with Crippen LogP contribution in [-0.2, 0) is 20.7 Å². The fourth-order valence-electron chi connectivity index (χ4n) is 6.42. The van der Waals surface area contributed by atoms with E-state index in [4.69, 9.17) is 23.7 Å². The van der Waals surface area contributed by atoms with Crippen molar-refractivity contribution in [3.05, 3.63) is 54.8 Å². The molecule has 176 valence electrons. The zero-order valence-corrected chi connectivity index (χ0v) is 19.3. The van der Waals surface area contributed by atoms with Gasteiger partial charge in [-0.2, -0.15) is 0 Å². The maximum atomic E-state index is 13.7. The van der Waals surface area contributed by atoms with Crippen molar-refractivity contribution < 1.29 is 33.6 Å². The number of benzene rings is 1. The molecule has 5 rings (SSSR count). The molecule has 5 atom stereocenters. The molecule has 2 aliphatic heterocycles. The smallest absolute Gasteiger partial charge is 0.248 e. The SMILES string of the molecule is C=CCc1cc2c(cc1OC)O[C@@H]([C@H]1[C@@]3(CC=C)C(=O)C=C4OCO[C@]41C[C@@H]3C(C)(C)O)O2. The minimum Gasteiger partial charge on any atom is -0.496 e. The van der Waals surface area contributed by atoms with Gasteiger partial charge in [0, 0.05) is 23.6 Å². The minimum atomic E-state index is -1.15. The van der Waals surface area contributed by atoms with Crippen LogP contribution in [0.3, 0.4) is 0 Å². The summed E-state index contributed by atoms with van der Waals surface area (Å²) in [7, 11) is 1.61. The van der Waals surface area contributed by atoms with Gasteiger partial charge in [-0.05, 0) is 39.2 Å². The van der Waals surface area contributed by atoms with E-state index >= 15 is 0 Å².